The smallest absolute Gasteiger partial charge is 0.250 e. The summed E-state index contributed by atoms with van der Waals surface area (Å²) in [6.07, 6.45) is -0.590. The molecule has 3 N–H and O–H groups in total. The molecule has 0 aliphatic rings. The van der Waals surface area contributed by atoms with E-state index < -0.39 is 6.10 Å². The molecule has 1 amide bonds. The highest BCUT2D eigenvalue weighted by molar-refractivity contribution is 9.10. The molecule has 0 aromatic heterocycles. The third-order valence-corrected chi connectivity index (χ3v) is 3.05. The maximum atomic E-state index is 11.7. The van der Waals surface area contributed by atoms with Gasteiger partial charge in [0, 0.05) is 18.1 Å². The summed E-state index contributed by atoms with van der Waals surface area (Å²) in [5.74, 6) is -0.189. The van der Waals surface area contributed by atoms with Crippen molar-refractivity contribution >= 4 is 21.8 Å². The van der Waals surface area contributed by atoms with Crippen molar-refractivity contribution in [2.45, 2.75) is 19.1 Å². The van der Waals surface area contributed by atoms with Gasteiger partial charge in [-0.15, -0.1) is 0 Å². The van der Waals surface area contributed by atoms with E-state index >= 15 is 0 Å². The lowest BCUT2D eigenvalue weighted by molar-refractivity contribution is -0.131. The van der Waals surface area contributed by atoms with Gasteiger partial charge in [0.1, 0.15) is 6.10 Å². The molecule has 1 aromatic rings. The number of hydrogen-bond donors (Lipinski definition) is 2. The van der Waals surface area contributed by atoms with Crippen LogP contribution < -0.4 is 11.1 Å². The molecule has 1 aromatic carbocycles. The van der Waals surface area contributed by atoms with Crippen LogP contribution in [0, 0.1) is 0 Å². The van der Waals surface area contributed by atoms with Crippen molar-refractivity contribution in [1.82, 2.24) is 5.32 Å². The standard InChI is InChI=1S/C12H17BrN2O2/c1-8(9-3-5-10(13)6-4-9)15-12(16)11(7-14)17-2/h3-6,8,11H,7,14H2,1-2H3,(H,15,16)/t8-,11?/m1/s1. The molecule has 4 nitrogen and oxygen atoms in total. The van der Waals surface area contributed by atoms with Gasteiger partial charge in [0.2, 0.25) is 0 Å². The monoisotopic (exact) mass is 300 g/mol. The van der Waals surface area contributed by atoms with Crippen LogP contribution >= 0.6 is 15.9 Å². The summed E-state index contributed by atoms with van der Waals surface area (Å²) in [7, 11) is 1.47. The highest BCUT2D eigenvalue weighted by Gasteiger charge is 2.18. The lowest BCUT2D eigenvalue weighted by Gasteiger charge is -2.18. The van der Waals surface area contributed by atoms with Crippen LogP contribution in [0.2, 0.25) is 0 Å². The van der Waals surface area contributed by atoms with Crippen molar-refractivity contribution < 1.29 is 9.53 Å². The molecule has 0 fully saturated rings. The number of benzene rings is 1. The fourth-order valence-electron chi connectivity index (χ4n) is 1.45. The number of ether oxygens (including phenoxy) is 1. The molecule has 5 heteroatoms. The number of carbonyl (C=O) groups is 1. The average molecular weight is 301 g/mol. The van der Waals surface area contributed by atoms with Gasteiger partial charge < -0.3 is 15.8 Å². The predicted octanol–water partition coefficient (Wildman–Crippen LogP) is 1.60. The van der Waals surface area contributed by atoms with Crippen molar-refractivity contribution in [1.29, 1.82) is 0 Å². The Kier molecular flexibility index (Phi) is 5.61. The second kappa shape index (κ2) is 6.74. The Morgan fingerprint density at radius 3 is 2.53 bits per heavy atom. The van der Waals surface area contributed by atoms with Crippen LogP contribution in [0.3, 0.4) is 0 Å². The number of halogens is 1. The number of methoxy groups -OCH3 is 1. The SMILES string of the molecule is COC(CN)C(=O)N[C@H](C)c1ccc(Br)cc1. The average Bonchev–Trinajstić information content (AvgIpc) is 2.31. The molecule has 1 unspecified atom stereocenters. The van der Waals surface area contributed by atoms with Gasteiger partial charge in [-0.1, -0.05) is 28.1 Å². The lowest BCUT2D eigenvalue weighted by atomic mass is 10.1. The molecule has 0 saturated heterocycles. The number of hydrogen-bond acceptors (Lipinski definition) is 3. The van der Waals surface area contributed by atoms with Gasteiger partial charge in [-0.3, -0.25) is 4.79 Å². The van der Waals surface area contributed by atoms with E-state index in [1.54, 1.807) is 0 Å². The summed E-state index contributed by atoms with van der Waals surface area (Å²) in [6, 6.07) is 7.72. The highest BCUT2D eigenvalue weighted by Crippen LogP contribution is 2.16. The van der Waals surface area contributed by atoms with Crippen molar-refractivity contribution in [2.24, 2.45) is 5.73 Å². The molecule has 0 aliphatic carbocycles. The number of amides is 1. The van der Waals surface area contributed by atoms with Crippen LogP contribution in [0.4, 0.5) is 0 Å². The first-order chi connectivity index (χ1) is 8.08. The zero-order valence-electron chi connectivity index (χ0n) is 9.94. The Morgan fingerprint density at radius 1 is 1.47 bits per heavy atom. The molecular weight excluding hydrogens is 284 g/mol. The van der Waals surface area contributed by atoms with Crippen LogP contribution in [-0.4, -0.2) is 25.7 Å². The van der Waals surface area contributed by atoms with Crippen molar-refractivity contribution in [3.8, 4) is 0 Å². The van der Waals surface area contributed by atoms with Crippen LogP contribution in [0.1, 0.15) is 18.5 Å². The van der Waals surface area contributed by atoms with E-state index in [2.05, 4.69) is 21.2 Å². The largest absolute Gasteiger partial charge is 0.370 e. The minimum atomic E-state index is -0.590. The van der Waals surface area contributed by atoms with Crippen molar-refractivity contribution in [2.75, 3.05) is 13.7 Å². The quantitative estimate of drug-likeness (QED) is 0.868. The Bertz CT molecular complexity index is 363. The summed E-state index contributed by atoms with van der Waals surface area (Å²) in [5, 5.41) is 2.86. The van der Waals surface area contributed by atoms with Gasteiger partial charge >= 0.3 is 0 Å². The Morgan fingerprint density at radius 2 is 2.06 bits per heavy atom. The number of rotatable bonds is 5. The maximum Gasteiger partial charge on any atom is 0.250 e. The molecule has 0 radical (unpaired) electrons. The van der Waals surface area contributed by atoms with Crippen LogP contribution in [0.25, 0.3) is 0 Å². The predicted molar refractivity (Wildman–Crippen MR) is 70.6 cm³/mol. The van der Waals surface area contributed by atoms with E-state index in [0.717, 1.165) is 10.0 Å². The second-order valence-electron chi connectivity index (χ2n) is 3.74. The van der Waals surface area contributed by atoms with Crippen LogP contribution in [0.5, 0.6) is 0 Å². The molecule has 0 heterocycles. The molecule has 0 saturated carbocycles. The number of nitrogens with one attached hydrogen (secondary N) is 1. The summed E-state index contributed by atoms with van der Waals surface area (Å²) < 4.78 is 5.98. The van der Waals surface area contributed by atoms with Crippen molar-refractivity contribution in [3.63, 3.8) is 0 Å². The van der Waals surface area contributed by atoms with E-state index in [1.165, 1.54) is 7.11 Å². The molecule has 0 aliphatic heterocycles. The van der Waals surface area contributed by atoms with Crippen LogP contribution in [-0.2, 0) is 9.53 Å². The lowest BCUT2D eigenvalue weighted by Crippen LogP contribution is -2.41. The second-order valence-corrected chi connectivity index (χ2v) is 4.66. The van der Waals surface area contributed by atoms with E-state index in [1.807, 2.05) is 31.2 Å². The molecule has 2 atom stereocenters. The van der Waals surface area contributed by atoms with Crippen molar-refractivity contribution in [3.05, 3.63) is 34.3 Å². The van der Waals surface area contributed by atoms with E-state index in [9.17, 15) is 4.79 Å². The van der Waals surface area contributed by atoms with Gasteiger partial charge in [-0.2, -0.15) is 0 Å². The Labute approximate surface area is 110 Å². The topological polar surface area (TPSA) is 64.3 Å². The molecule has 94 valence electrons. The molecular formula is C12H17BrN2O2. The fourth-order valence-corrected chi connectivity index (χ4v) is 1.72. The molecule has 0 spiro atoms. The molecule has 17 heavy (non-hydrogen) atoms. The van der Waals surface area contributed by atoms with Gasteiger partial charge in [-0.05, 0) is 24.6 Å². The third kappa shape index (κ3) is 4.11. The first-order valence-electron chi connectivity index (χ1n) is 5.37. The van der Waals surface area contributed by atoms with E-state index in [0.29, 0.717) is 0 Å². The van der Waals surface area contributed by atoms with Gasteiger partial charge in [0.15, 0.2) is 0 Å². The number of carbonyl (C=O) groups excluding carboxylic acids is 1. The zero-order chi connectivity index (χ0) is 12.8. The normalized spacial score (nSPS) is 14.1. The minimum absolute atomic E-state index is 0.0696. The maximum absolute atomic E-state index is 11.7. The fraction of sp³-hybridized carbons (Fsp3) is 0.417. The Hall–Kier alpha value is -0.910. The Balaban J connectivity index is 2.62. The molecule has 0 bridgehead atoms. The minimum Gasteiger partial charge on any atom is -0.370 e. The summed E-state index contributed by atoms with van der Waals surface area (Å²) >= 11 is 3.37. The summed E-state index contributed by atoms with van der Waals surface area (Å²) in [5.41, 5.74) is 6.46. The van der Waals surface area contributed by atoms with E-state index in [4.69, 9.17) is 10.5 Å². The first kappa shape index (κ1) is 14.2. The van der Waals surface area contributed by atoms with E-state index in [-0.39, 0.29) is 18.5 Å². The zero-order valence-corrected chi connectivity index (χ0v) is 11.5. The molecule has 1 rings (SSSR count). The van der Waals surface area contributed by atoms with Gasteiger partial charge in [0.05, 0.1) is 6.04 Å². The number of nitrogens with two attached hydrogens (primary N) is 1. The highest BCUT2D eigenvalue weighted by atomic mass is 79.9. The summed E-state index contributed by atoms with van der Waals surface area (Å²) in [4.78, 5) is 11.7. The van der Waals surface area contributed by atoms with Gasteiger partial charge in [0.25, 0.3) is 5.91 Å². The van der Waals surface area contributed by atoms with Crippen LogP contribution in [0.15, 0.2) is 28.7 Å². The van der Waals surface area contributed by atoms with Gasteiger partial charge in [-0.25, -0.2) is 0 Å². The summed E-state index contributed by atoms with van der Waals surface area (Å²) in [6.45, 7) is 2.10. The third-order valence-electron chi connectivity index (χ3n) is 2.52. The first-order valence-corrected chi connectivity index (χ1v) is 6.16.